The van der Waals surface area contributed by atoms with Crippen LogP contribution in [0.25, 0.3) is 0 Å². The van der Waals surface area contributed by atoms with Crippen molar-refractivity contribution in [1.82, 2.24) is 0 Å². The number of halogens is 17. The van der Waals surface area contributed by atoms with Gasteiger partial charge in [-0.05, 0) is 31.9 Å². The molecular weight excluding hydrogens is 663 g/mol. The van der Waals surface area contributed by atoms with Crippen LogP contribution < -0.4 is 0 Å². The largest absolute Gasteiger partial charge is 0.460 e. The summed E-state index contributed by atoms with van der Waals surface area (Å²) in [5, 5.41) is -7.68. The van der Waals surface area contributed by atoms with Gasteiger partial charge in [0.05, 0.1) is 0 Å². The first-order chi connectivity index (χ1) is 17.9. The van der Waals surface area contributed by atoms with Gasteiger partial charge < -0.3 is 0 Å². The van der Waals surface area contributed by atoms with Gasteiger partial charge in [-0.2, -0.15) is 83.1 Å². The predicted molar refractivity (Wildman–Crippen MR) is 107 cm³/mol. The van der Waals surface area contributed by atoms with Gasteiger partial charge in [0.1, 0.15) is 0 Å². The van der Waals surface area contributed by atoms with Crippen LogP contribution in [0.1, 0.15) is 18.4 Å². The van der Waals surface area contributed by atoms with Crippen LogP contribution in [0.3, 0.4) is 0 Å². The van der Waals surface area contributed by atoms with Gasteiger partial charge in [-0.3, -0.25) is 0 Å². The highest BCUT2D eigenvalue weighted by atomic mass is 32.3. The number of alkyl halides is 17. The predicted octanol–water partition coefficient (Wildman–Crippen LogP) is 8.18. The number of benzene rings is 1. The topological polar surface area (TPSA) is 43.4 Å². The normalized spacial score (nSPS) is 19.4. The van der Waals surface area contributed by atoms with Crippen molar-refractivity contribution in [3.8, 4) is 0 Å². The average molecular weight is 678 g/mol. The Hall–Kier alpha value is -1.71. The molecule has 2 rings (SSSR count). The van der Waals surface area contributed by atoms with Crippen molar-refractivity contribution in [1.29, 1.82) is 0 Å². The summed E-state index contributed by atoms with van der Waals surface area (Å²) in [6.07, 6.45) is -7.96. The Morgan fingerprint density at radius 1 is 0.585 bits per heavy atom. The first-order valence-corrected chi connectivity index (χ1v) is 13.7. The summed E-state index contributed by atoms with van der Waals surface area (Å²) < 4.78 is 258. The molecule has 3 nitrogen and oxygen atoms in total. The SMILES string of the molecule is Cc1ccc(S2(OS(=O)(=O)C(F)(F)C(F)(F)C(F)(F)C(F)(F)C(F)(F)C(F)(F)C(F)(F)C(F)(F)F)CCCC2)cc1. The van der Waals surface area contributed by atoms with Gasteiger partial charge in [0, 0.05) is 16.4 Å². The maximum Gasteiger partial charge on any atom is 0.460 e. The van der Waals surface area contributed by atoms with Gasteiger partial charge >= 0.3 is 57.1 Å². The second kappa shape index (κ2) is 9.91. The molecule has 0 atom stereocenters. The maximum absolute atomic E-state index is 14.5. The van der Waals surface area contributed by atoms with Crippen molar-refractivity contribution in [2.45, 2.75) is 71.6 Å². The van der Waals surface area contributed by atoms with Gasteiger partial charge in [-0.25, -0.2) is 3.63 Å². The summed E-state index contributed by atoms with van der Waals surface area (Å²) in [6, 6.07) is 4.57. The number of rotatable bonds is 10. The molecule has 1 aliphatic rings. The van der Waals surface area contributed by atoms with Crippen molar-refractivity contribution >= 4 is 20.4 Å². The minimum Gasteiger partial charge on any atom is -0.211 e. The van der Waals surface area contributed by atoms with E-state index >= 15 is 0 Å². The lowest BCUT2D eigenvalue weighted by molar-refractivity contribution is -0.458. The molecular formula is C19H15F17O3S2. The smallest absolute Gasteiger partial charge is 0.211 e. The maximum atomic E-state index is 14.5. The molecule has 1 heterocycles. The van der Waals surface area contributed by atoms with Crippen molar-refractivity contribution in [2.75, 3.05) is 11.5 Å². The van der Waals surface area contributed by atoms with Crippen LogP contribution in [-0.2, 0) is 13.7 Å². The van der Waals surface area contributed by atoms with Crippen molar-refractivity contribution in [3.05, 3.63) is 29.8 Å². The summed E-state index contributed by atoms with van der Waals surface area (Å²) in [5.74, 6) is -52.9. The highest BCUT2D eigenvalue weighted by molar-refractivity contribution is 8.33. The third-order valence-corrected chi connectivity index (χ3v) is 11.5. The molecule has 240 valence electrons. The van der Waals surface area contributed by atoms with Crippen LogP contribution in [-0.4, -0.2) is 66.9 Å². The lowest BCUT2D eigenvalue weighted by Gasteiger charge is -2.43. The molecule has 22 heteroatoms. The van der Waals surface area contributed by atoms with Crippen LogP contribution in [0.2, 0.25) is 0 Å². The fourth-order valence-electron chi connectivity index (χ4n) is 3.42. The van der Waals surface area contributed by atoms with E-state index in [1.54, 1.807) is 0 Å². The van der Waals surface area contributed by atoms with E-state index in [-0.39, 0.29) is 17.7 Å². The zero-order valence-corrected chi connectivity index (χ0v) is 21.2. The minimum atomic E-state index is -8.88. The Morgan fingerprint density at radius 2 is 0.927 bits per heavy atom. The molecule has 0 aromatic heterocycles. The Kier molecular flexibility index (Phi) is 8.58. The molecule has 0 radical (unpaired) electrons. The Morgan fingerprint density at radius 3 is 1.29 bits per heavy atom. The summed E-state index contributed by atoms with van der Waals surface area (Å²) in [4.78, 5) is -0.263. The van der Waals surface area contributed by atoms with E-state index in [1.807, 2.05) is 0 Å². The first kappa shape index (κ1) is 35.5. The van der Waals surface area contributed by atoms with Crippen molar-refractivity contribution in [3.63, 3.8) is 0 Å². The van der Waals surface area contributed by atoms with Gasteiger partial charge in [0.15, 0.2) is 0 Å². The first-order valence-electron chi connectivity index (χ1n) is 10.4. The van der Waals surface area contributed by atoms with Gasteiger partial charge in [0.2, 0.25) is 0 Å². The van der Waals surface area contributed by atoms with Gasteiger partial charge in [-0.15, -0.1) is 0 Å². The van der Waals surface area contributed by atoms with E-state index in [0.717, 1.165) is 12.1 Å². The molecule has 0 unspecified atom stereocenters. The lowest BCUT2D eigenvalue weighted by Crippen LogP contribution is -2.75. The van der Waals surface area contributed by atoms with E-state index < -0.39 is 78.9 Å². The van der Waals surface area contributed by atoms with E-state index in [4.69, 9.17) is 0 Å². The summed E-state index contributed by atoms with van der Waals surface area (Å²) in [7, 11) is -11.3. The van der Waals surface area contributed by atoms with Crippen molar-refractivity contribution < 1.29 is 86.7 Å². The summed E-state index contributed by atoms with van der Waals surface area (Å²) in [5.41, 5.74) is 0.469. The molecule has 0 N–H and O–H groups in total. The molecule has 0 amide bonds. The van der Waals surface area contributed by atoms with E-state index in [2.05, 4.69) is 3.63 Å². The van der Waals surface area contributed by atoms with Crippen LogP contribution in [0, 0.1) is 6.92 Å². The molecule has 0 aliphatic carbocycles. The third kappa shape index (κ3) is 4.92. The molecule has 1 aromatic carbocycles. The monoisotopic (exact) mass is 678 g/mol. The highest BCUT2D eigenvalue weighted by Crippen LogP contribution is 2.67. The molecule has 41 heavy (non-hydrogen) atoms. The van der Waals surface area contributed by atoms with Crippen LogP contribution in [0.4, 0.5) is 74.6 Å². The average Bonchev–Trinajstić information content (AvgIpc) is 3.26. The van der Waals surface area contributed by atoms with Crippen LogP contribution in [0.15, 0.2) is 29.2 Å². The van der Waals surface area contributed by atoms with E-state index in [0.29, 0.717) is 5.56 Å². The molecule has 1 saturated heterocycles. The third-order valence-electron chi connectivity index (χ3n) is 5.88. The molecule has 1 fully saturated rings. The minimum absolute atomic E-state index is 0.0380. The Bertz CT molecular complexity index is 1220. The van der Waals surface area contributed by atoms with Gasteiger partial charge in [0.25, 0.3) is 0 Å². The zero-order valence-electron chi connectivity index (χ0n) is 19.6. The number of aryl methyl sites for hydroxylation is 1. The number of hydrogen-bond donors (Lipinski definition) is 0. The quantitative estimate of drug-likeness (QED) is 0.235. The molecule has 0 spiro atoms. The van der Waals surface area contributed by atoms with Crippen LogP contribution in [0.5, 0.6) is 0 Å². The zero-order chi connectivity index (χ0) is 32.5. The second-order valence-electron chi connectivity index (χ2n) is 8.72. The van der Waals surface area contributed by atoms with Crippen LogP contribution >= 0.6 is 10.3 Å². The summed E-state index contributed by atoms with van der Waals surface area (Å²) >= 11 is 0. The molecule has 1 aromatic rings. The highest BCUT2D eigenvalue weighted by Gasteiger charge is 2.96. The standard InChI is InChI=1S/C19H15F17O3S2/c1-10-4-6-11(7-5-10)40(8-2-3-9-40)39-41(37,38)19(35,36)17(30,31)15(26,27)13(22,23)12(20,21)14(24,25)16(28,29)18(32,33)34/h4-7H,2-3,8-9H2,1H3. The lowest BCUT2D eigenvalue weighted by atomic mass is 9.91. The Balaban J connectivity index is 2.64. The fraction of sp³-hybridized carbons (Fsp3) is 0.684. The molecule has 0 bridgehead atoms. The Labute approximate surface area is 220 Å². The van der Waals surface area contributed by atoms with E-state index in [9.17, 15) is 83.1 Å². The second-order valence-corrected chi connectivity index (χ2v) is 13.6. The fourth-order valence-corrected chi connectivity index (χ4v) is 9.09. The van der Waals surface area contributed by atoms with Crippen molar-refractivity contribution in [2.24, 2.45) is 0 Å². The summed E-state index contributed by atoms with van der Waals surface area (Å²) in [6.45, 7) is 1.47. The number of hydrogen-bond acceptors (Lipinski definition) is 3. The van der Waals surface area contributed by atoms with Gasteiger partial charge in [-0.1, -0.05) is 28.0 Å². The van der Waals surface area contributed by atoms with E-state index in [1.165, 1.54) is 19.1 Å². The molecule has 1 aliphatic heterocycles. The molecule has 0 saturated carbocycles.